The molecular formula is C30H35FN2O8. The van der Waals surface area contributed by atoms with Crippen molar-refractivity contribution >= 4 is 17.6 Å². The Kier molecular flexibility index (Phi) is 9.74. The molecule has 0 fully saturated rings. The van der Waals surface area contributed by atoms with E-state index >= 15 is 0 Å². The molecule has 0 saturated carbocycles. The highest BCUT2D eigenvalue weighted by Gasteiger charge is 2.51. The molecular weight excluding hydrogens is 535 g/mol. The monoisotopic (exact) mass is 570 g/mol. The summed E-state index contributed by atoms with van der Waals surface area (Å²) >= 11 is 0. The van der Waals surface area contributed by atoms with Crippen molar-refractivity contribution in [1.82, 2.24) is 10.2 Å². The van der Waals surface area contributed by atoms with Gasteiger partial charge in [0.15, 0.2) is 11.5 Å². The first-order valence-electron chi connectivity index (χ1n) is 13.5. The predicted octanol–water partition coefficient (Wildman–Crippen LogP) is 1.74. The fraction of sp³-hybridized carbons (Fsp3) is 0.433. The quantitative estimate of drug-likeness (QED) is 0.302. The van der Waals surface area contributed by atoms with Crippen molar-refractivity contribution in [3.63, 3.8) is 0 Å². The number of nitrogens with one attached hydrogen (secondary N) is 1. The van der Waals surface area contributed by atoms with E-state index in [0.29, 0.717) is 34.6 Å². The second kappa shape index (κ2) is 13.2. The number of carbonyl (C=O) groups excluding carboxylic acids is 3. The van der Waals surface area contributed by atoms with E-state index in [4.69, 9.17) is 9.47 Å². The molecule has 4 atom stereocenters. The maximum Gasteiger partial charge on any atom is 0.247 e. The largest absolute Gasteiger partial charge is 0.493 e. The minimum atomic E-state index is -1.29. The summed E-state index contributed by atoms with van der Waals surface area (Å²) in [6.45, 7) is 0.850. The Bertz CT molecular complexity index is 1310. The zero-order valence-electron chi connectivity index (χ0n) is 23.0. The molecule has 220 valence electrons. The number of fused-ring (bicyclic) bond motifs is 3. The first kappa shape index (κ1) is 30.2. The highest BCUT2D eigenvalue weighted by atomic mass is 19.1. The van der Waals surface area contributed by atoms with E-state index in [2.05, 4.69) is 5.32 Å². The van der Waals surface area contributed by atoms with Gasteiger partial charge >= 0.3 is 0 Å². The normalized spacial score (nSPS) is 20.8. The highest BCUT2D eigenvalue weighted by molar-refractivity contribution is 5.96. The Morgan fingerprint density at radius 3 is 2.46 bits per heavy atom. The van der Waals surface area contributed by atoms with E-state index in [1.807, 2.05) is 0 Å². The fourth-order valence-corrected chi connectivity index (χ4v) is 5.40. The zero-order chi connectivity index (χ0) is 29.7. The van der Waals surface area contributed by atoms with Crippen LogP contribution in [0.25, 0.3) is 0 Å². The van der Waals surface area contributed by atoms with Crippen molar-refractivity contribution in [1.29, 1.82) is 0 Å². The molecule has 1 heterocycles. The Morgan fingerprint density at radius 1 is 1.10 bits per heavy atom. The standard InChI is InChI=1S/C30H35FN2O8/c1-17(36)4-3-5-25(37)33(15-18-6-8-20(31)9-7-18)23-14-22(30(39)32-10-11-34)26-21-12-19(16-35)13-24(40-2)28(21)41-29(26)27(23)38/h6-9,12-14,23,26-27,29,34-35,38H,3-5,10-11,15-16H2,1-2H3,(H,32,39)/t23-,26+,27+,29+/m1/s1. The second-order valence-electron chi connectivity index (χ2n) is 10.2. The molecule has 2 amide bonds. The first-order chi connectivity index (χ1) is 19.7. The fourth-order valence-electron chi connectivity index (χ4n) is 5.40. The van der Waals surface area contributed by atoms with Crippen LogP contribution in [0, 0.1) is 5.82 Å². The van der Waals surface area contributed by atoms with E-state index in [1.165, 1.54) is 49.3 Å². The minimum absolute atomic E-state index is 0.00523. The molecule has 0 aromatic heterocycles. The molecule has 0 saturated heterocycles. The molecule has 0 unspecified atom stereocenters. The molecule has 1 aliphatic heterocycles. The predicted molar refractivity (Wildman–Crippen MR) is 146 cm³/mol. The van der Waals surface area contributed by atoms with E-state index in [-0.39, 0.29) is 56.4 Å². The van der Waals surface area contributed by atoms with Crippen molar-refractivity contribution in [3.05, 3.63) is 70.6 Å². The third kappa shape index (κ3) is 6.58. The lowest BCUT2D eigenvalue weighted by Crippen LogP contribution is -2.55. The van der Waals surface area contributed by atoms with Gasteiger partial charge < -0.3 is 39.8 Å². The number of Topliss-reactive ketones (excluding diaryl/α,β-unsaturated/α-hetero) is 1. The molecule has 0 bridgehead atoms. The number of halogens is 1. The SMILES string of the molecule is COc1cc(CO)cc2c1O[C@@H]1[C@@H](O)[C@H](N(Cc3ccc(F)cc3)C(=O)CCCC(C)=O)C=C(C(=O)NCCO)[C@H]21. The zero-order valence-corrected chi connectivity index (χ0v) is 23.0. The summed E-state index contributed by atoms with van der Waals surface area (Å²) in [6.07, 6.45) is -0.211. The summed E-state index contributed by atoms with van der Waals surface area (Å²) in [7, 11) is 1.44. The van der Waals surface area contributed by atoms with Crippen LogP contribution < -0.4 is 14.8 Å². The van der Waals surface area contributed by atoms with Crippen LogP contribution in [-0.2, 0) is 27.5 Å². The van der Waals surface area contributed by atoms with Crippen molar-refractivity contribution in [3.8, 4) is 11.5 Å². The summed E-state index contributed by atoms with van der Waals surface area (Å²) in [5.74, 6) is -1.48. The van der Waals surface area contributed by atoms with Gasteiger partial charge in [-0.25, -0.2) is 4.39 Å². The number of methoxy groups -OCH3 is 1. The van der Waals surface area contributed by atoms with Gasteiger partial charge in [-0.3, -0.25) is 9.59 Å². The van der Waals surface area contributed by atoms with Gasteiger partial charge in [0.2, 0.25) is 11.8 Å². The number of rotatable bonds is 12. The molecule has 2 aromatic carbocycles. The summed E-state index contributed by atoms with van der Waals surface area (Å²) < 4.78 is 25.3. The van der Waals surface area contributed by atoms with E-state index < -0.39 is 35.9 Å². The van der Waals surface area contributed by atoms with Gasteiger partial charge in [0, 0.05) is 37.1 Å². The van der Waals surface area contributed by atoms with Gasteiger partial charge in [0.1, 0.15) is 23.8 Å². The maximum absolute atomic E-state index is 13.6. The molecule has 1 aliphatic carbocycles. The van der Waals surface area contributed by atoms with Crippen LogP contribution in [0.15, 0.2) is 48.0 Å². The van der Waals surface area contributed by atoms with Crippen molar-refractivity contribution in [2.75, 3.05) is 20.3 Å². The lowest BCUT2D eigenvalue weighted by molar-refractivity contribution is -0.138. The second-order valence-corrected chi connectivity index (χ2v) is 10.2. The number of aliphatic hydroxyl groups excluding tert-OH is 3. The number of ketones is 1. The maximum atomic E-state index is 13.6. The molecule has 4 rings (SSSR count). The Labute approximate surface area is 237 Å². The number of hydrogen-bond acceptors (Lipinski definition) is 8. The number of benzene rings is 2. The summed E-state index contributed by atoms with van der Waals surface area (Å²) in [5.41, 5.74) is 1.88. The average Bonchev–Trinajstić information content (AvgIpc) is 3.35. The number of nitrogens with zero attached hydrogens (tertiary/aromatic N) is 1. The van der Waals surface area contributed by atoms with Gasteiger partial charge in [-0.1, -0.05) is 12.1 Å². The van der Waals surface area contributed by atoms with Crippen LogP contribution in [0.4, 0.5) is 4.39 Å². The summed E-state index contributed by atoms with van der Waals surface area (Å²) in [4.78, 5) is 39.9. The highest BCUT2D eigenvalue weighted by Crippen LogP contribution is 2.51. The van der Waals surface area contributed by atoms with Crippen molar-refractivity contribution in [2.24, 2.45) is 0 Å². The molecule has 0 spiro atoms. The first-order valence-corrected chi connectivity index (χ1v) is 13.5. The van der Waals surface area contributed by atoms with Crippen LogP contribution in [0.5, 0.6) is 11.5 Å². The molecule has 10 nitrogen and oxygen atoms in total. The molecule has 11 heteroatoms. The smallest absolute Gasteiger partial charge is 0.247 e. The Morgan fingerprint density at radius 2 is 1.83 bits per heavy atom. The number of carbonyl (C=O) groups is 3. The summed E-state index contributed by atoms with van der Waals surface area (Å²) in [5, 5.41) is 33.5. The van der Waals surface area contributed by atoms with Crippen LogP contribution >= 0.6 is 0 Å². The molecule has 2 aromatic rings. The Balaban J connectivity index is 1.78. The van der Waals surface area contributed by atoms with Gasteiger partial charge in [0.25, 0.3) is 0 Å². The van der Waals surface area contributed by atoms with Crippen LogP contribution in [0.2, 0.25) is 0 Å². The third-order valence-electron chi connectivity index (χ3n) is 7.36. The topological polar surface area (TPSA) is 146 Å². The van der Waals surface area contributed by atoms with E-state index in [9.17, 15) is 34.1 Å². The van der Waals surface area contributed by atoms with E-state index in [1.54, 1.807) is 12.1 Å². The lowest BCUT2D eigenvalue weighted by atomic mass is 9.77. The van der Waals surface area contributed by atoms with E-state index in [0.717, 1.165) is 0 Å². The van der Waals surface area contributed by atoms with Crippen LogP contribution in [0.1, 0.15) is 48.8 Å². The average molecular weight is 571 g/mol. The van der Waals surface area contributed by atoms with Crippen LogP contribution in [-0.4, -0.2) is 76.3 Å². The van der Waals surface area contributed by atoms with Gasteiger partial charge in [-0.15, -0.1) is 0 Å². The Hall–Kier alpha value is -3.80. The van der Waals surface area contributed by atoms with Crippen LogP contribution in [0.3, 0.4) is 0 Å². The van der Waals surface area contributed by atoms with Crippen molar-refractivity contribution in [2.45, 2.75) is 63.5 Å². The van der Waals surface area contributed by atoms with Gasteiger partial charge in [0.05, 0.1) is 32.3 Å². The molecule has 41 heavy (non-hydrogen) atoms. The number of amides is 2. The molecule has 0 radical (unpaired) electrons. The van der Waals surface area contributed by atoms with Gasteiger partial charge in [-0.2, -0.15) is 0 Å². The third-order valence-corrected chi connectivity index (χ3v) is 7.36. The number of ether oxygens (including phenoxy) is 2. The molecule has 2 aliphatic rings. The molecule has 4 N–H and O–H groups in total. The minimum Gasteiger partial charge on any atom is -0.493 e. The summed E-state index contributed by atoms with van der Waals surface area (Å²) in [6, 6.07) is 7.88. The lowest BCUT2D eigenvalue weighted by Gasteiger charge is -2.41. The number of hydrogen-bond donors (Lipinski definition) is 4. The van der Waals surface area contributed by atoms with Crippen molar-refractivity contribution < 1.29 is 43.6 Å². The van der Waals surface area contributed by atoms with Gasteiger partial charge in [-0.05, 0) is 54.8 Å². The number of aliphatic hydroxyl groups is 3.